The molecule has 0 bridgehead atoms. The third-order valence-electron chi connectivity index (χ3n) is 6.20. The Hall–Kier alpha value is -4.01. The van der Waals surface area contributed by atoms with E-state index < -0.39 is 6.04 Å². The Bertz CT molecular complexity index is 1240. The highest BCUT2D eigenvalue weighted by molar-refractivity contribution is 5.92. The maximum Gasteiger partial charge on any atom is 0.246 e. The summed E-state index contributed by atoms with van der Waals surface area (Å²) in [6.45, 7) is 5.34. The molecule has 0 aliphatic carbocycles. The number of morpholine rings is 1. The quantitative estimate of drug-likeness (QED) is 0.249. The molecule has 2 N–H and O–H groups in total. The number of carbonyl (C=O) groups is 2. The van der Waals surface area contributed by atoms with Crippen molar-refractivity contribution in [2.45, 2.75) is 25.8 Å². The van der Waals surface area contributed by atoms with Crippen molar-refractivity contribution >= 4 is 29.3 Å². The smallest absolute Gasteiger partial charge is 0.246 e. The fourth-order valence-electron chi connectivity index (χ4n) is 3.78. The van der Waals surface area contributed by atoms with Crippen LogP contribution in [-0.2, 0) is 14.3 Å². The van der Waals surface area contributed by atoms with E-state index >= 15 is 0 Å². The van der Waals surface area contributed by atoms with Crippen molar-refractivity contribution in [1.82, 2.24) is 25.1 Å². The van der Waals surface area contributed by atoms with Gasteiger partial charge in [-0.15, -0.1) is 0 Å². The number of halogens is 1. The van der Waals surface area contributed by atoms with E-state index in [-0.39, 0.29) is 17.6 Å². The lowest BCUT2D eigenvalue weighted by Gasteiger charge is -2.28. The summed E-state index contributed by atoms with van der Waals surface area (Å²) >= 11 is 0. The minimum atomic E-state index is -0.588. The predicted molar refractivity (Wildman–Crippen MR) is 154 cm³/mol. The number of ether oxygens (including phenoxy) is 1. The molecule has 2 amide bonds. The summed E-state index contributed by atoms with van der Waals surface area (Å²) in [4.78, 5) is 39.3. The van der Waals surface area contributed by atoms with Crippen molar-refractivity contribution in [3.63, 3.8) is 0 Å². The summed E-state index contributed by atoms with van der Waals surface area (Å²) in [5, 5.41) is 5.92. The van der Waals surface area contributed by atoms with Gasteiger partial charge in [-0.2, -0.15) is 4.98 Å². The van der Waals surface area contributed by atoms with E-state index in [0.717, 1.165) is 0 Å². The second-order valence-corrected chi connectivity index (χ2v) is 9.65. The second kappa shape index (κ2) is 15.5. The van der Waals surface area contributed by atoms with Crippen molar-refractivity contribution in [3.05, 3.63) is 54.0 Å². The summed E-state index contributed by atoms with van der Waals surface area (Å²) < 4.78 is 19.1. The molecule has 11 heteroatoms. The van der Waals surface area contributed by atoms with Crippen LogP contribution in [0.3, 0.4) is 0 Å². The van der Waals surface area contributed by atoms with E-state index in [2.05, 4.69) is 37.3 Å². The first-order valence-corrected chi connectivity index (χ1v) is 13.3. The van der Waals surface area contributed by atoms with Crippen molar-refractivity contribution in [2.24, 2.45) is 0 Å². The summed E-state index contributed by atoms with van der Waals surface area (Å²) in [6.07, 6.45) is 6.13. The monoisotopic (exact) mass is 551 g/mol. The number of anilines is 3. The molecule has 10 nitrogen and oxygen atoms in total. The number of unbranched alkanes of at least 4 members (excludes halogenated alkanes) is 1. The van der Waals surface area contributed by atoms with E-state index in [1.807, 2.05) is 19.0 Å². The van der Waals surface area contributed by atoms with Gasteiger partial charge in [-0.25, -0.2) is 9.37 Å². The number of hydrogen-bond acceptors (Lipinski definition) is 8. The van der Waals surface area contributed by atoms with E-state index in [1.165, 1.54) is 23.1 Å². The van der Waals surface area contributed by atoms with Gasteiger partial charge in [0.1, 0.15) is 17.7 Å². The van der Waals surface area contributed by atoms with Crippen molar-refractivity contribution in [1.29, 1.82) is 0 Å². The fraction of sp³-hybridized carbons (Fsp3) is 0.448. The maximum absolute atomic E-state index is 13.6. The number of benzene rings is 1. The van der Waals surface area contributed by atoms with Crippen LogP contribution >= 0.6 is 0 Å². The van der Waals surface area contributed by atoms with E-state index in [9.17, 15) is 14.0 Å². The van der Waals surface area contributed by atoms with Gasteiger partial charge in [-0.3, -0.25) is 9.59 Å². The molecule has 3 rings (SSSR count). The van der Waals surface area contributed by atoms with Gasteiger partial charge >= 0.3 is 0 Å². The highest BCUT2D eigenvalue weighted by atomic mass is 19.1. The molecule has 1 fully saturated rings. The number of amides is 2. The maximum atomic E-state index is 13.6. The molecular formula is C29H38FN7O3. The zero-order chi connectivity index (χ0) is 28.9. The average molecular weight is 552 g/mol. The second-order valence-electron chi connectivity index (χ2n) is 9.65. The number of carbonyl (C=O) groups excluding carboxylic acids is 2. The molecule has 1 aliphatic rings. The van der Waals surface area contributed by atoms with Gasteiger partial charge in [0.2, 0.25) is 17.8 Å². The molecule has 0 spiro atoms. The van der Waals surface area contributed by atoms with Crippen LogP contribution in [0, 0.1) is 17.7 Å². The number of nitrogens with one attached hydrogen (secondary N) is 2. The Morgan fingerprint density at radius 2 is 2.02 bits per heavy atom. The standard InChI is InChI=1S/C29H38FN7O3/c1-22(36(4)26(38)13-9-15-35(2)3)28(39)31-14-7-5-6-10-23-21-32-29(33-25-12-8-11-24(30)20-25)34-27(23)37-16-18-40-19-17-37/h8-9,11-13,20-22H,5,7,14-19H2,1-4H3,(H,31,39)(H,32,33,34)/b13-9+. The fourth-order valence-corrected chi connectivity index (χ4v) is 3.78. The van der Waals surface area contributed by atoms with Crippen LogP contribution < -0.4 is 15.5 Å². The number of rotatable bonds is 11. The number of likely N-dealkylation sites (N-methyl/N-ethyl adjacent to an activating group) is 2. The zero-order valence-electron chi connectivity index (χ0n) is 23.6. The molecular weight excluding hydrogens is 513 g/mol. The number of nitrogens with zero attached hydrogens (tertiary/aromatic N) is 5. The number of hydrogen-bond donors (Lipinski definition) is 2. The lowest BCUT2D eigenvalue weighted by molar-refractivity contribution is -0.135. The van der Waals surface area contributed by atoms with Crippen LogP contribution in [0.2, 0.25) is 0 Å². The van der Waals surface area contributed by atoms with E-state index in [4.69, 9.17) is 4.74 Å². The Morgan fingerprint density at radius 3 is 2.75 bits per heavy atom. The first-order chi connectivity index (χ1) is 19.2. The largest absolute Gasteiger partial charge is 0.378 e. The van der Waals surface area contributed by atoms with Gasteiger partial charge < -0.3 is 30.1 Å². The summed E-state index contributed by atoms with van der Waals surface area (Å²) in [6, 6.07) is 5.53. The SMILES string of the molecule is CC(C(=O)NCCCC#Cc1cnc(Nc2cccc(F)c2)nc1N1CCOCC1)N(C)C(=O)/C=C/CN(C)C. The Kier molecular flexibility index (Phi) is 11.9. The van der Waals surface area contributed by atoms with Crippen LogP contribution in [0.4, 0.5) is 21.8 Å². The summed E-state index contributed by atoms with van der Waals surface area (Å²) in [7, 11) is 5.45. The molecule has 214 valence electrons. The van der Waals surface area contributed by atoms with Crippen LogP contribution in [-0.4, -0.2) is 98.2 Å². The van der Waals surface area contributed by atoms with Crippen molar-refractivity contribution in [3.8, 4) is 11.8 Å². The summed E-state index contributed by atoms with van der Waals surface area (Å²) in [5.41, 5.74) is 1.24. The zero-order valence-corrected chi connectivity index (χ0v) is 23.6. The van der Waals surface area contributed by atoms with Gasteiger partial charge in [0.25, 0.3) is 0 Å². The first-order valence-electron chi connectivity index (χ1n) is 13.3. The van der Waals surface area contributed by atoms with Crippen LogP contribution in [0.5, 0.6) is 0 Å². The lowest BCUT2D eigenvalue weighted by Crippen LogP contribution is -2.45. The first kappa shape index (κ1) is 30.5. The summed E-state index contributed by atoms with van der Waals surface area (Å²) in [5.74, 6) is 6.58. The molecule has 40 heavy (non-hydrogen) atoms. The predicted octanol–water partition coefficient (Wildman–Crippen LogP) is 2.41. The Morgan fingerprint density at radius 1 is 1.25 bits per heavy atom. The van der Waals surface area contributed by atoms with Crippen molar-refractivity contribution in [2.75, 3.05) is 70.8 Å². The Labute approximate surface area is 235 Å². The molecule has 1 unspecified atom stereocenters. The molecule has 1 aliphatic heterocycles. The third-order valence-corrected chi connectivity index (χ3v) is 6.20. The average Bonchev–Trinajstić information content (AvgIpc) is 2.94. The molecule has 1 saturated heterocycles. The molecule has 1 aromatic heterocycles. The molecule has 1 atom stereocenters. The third kappa shape index (κ3) is 9.63. The highest BCUT2D eigenvalue weighted by Crippen LogP contribution is 2.22. The van der Waals surface area contributed by atoms with Crippen LogP contribution in [0.25, 0.3) is 0 Å². The molecule has 2 aromatic rings. The minimum Gasteiger partial charge on any atom is -0.378 e. The topological polar surface area (TPSA) is 103 Å². The van der Waals surface area contributed by atoms with Gasteiger partial charge in [0, 0.05) is 51.4 Å². The molecule has 2 heterocycles. The van der Waals surface area contributed by atoms with Gasteiger partial charge in [0.05, 0.1) is 25.0 Å². The normalized spacial score (nSPS) is 14.0. The molecule has 1 aromatic carbocycles. The van der Waals surface area contributed by atoms with Gasteiger partial charge in [-0.1, -0.05) is 24.0 Å². The number of aromatic nitrogens is 2. The van der Waals surface area contributed by atoms with Gasteiger partial charge in [-0.05, 0) is 45.6 Å². The molecule has 0 saturated carbocycles. The highest BCUT2D eigenvalue weighted by Gasteiger charge is 2.20. The molecule has 0 radical (unpaired) electrons. The lowest BCUT2D eigenvalue weighted by atomic mass is 10.2. The van der Waals surface area contributed by atoms with Crippen LogP contribution in [0.15, 0.2) is 42.6 Å². The van der Waals surface area contributed by atoms with E-state index in [0.29, 0.717) is 75.3 Å². The van der Waals surface area contributed by atoms with Crippen LogP contribution in [0.1, 0.15) is 25.3 Å². The van der Waals surface area contributed by atoms with Crippen molar-refractivity contribution < 1.29 is 18.7 Å². The Balaban J connectivity index is 1.54. The van der Waals surface area contributed by atoms with E-state index in [1.54, 1.807) is 38.4 Å². The van der Waals surface area contributed by atoms with Gasteiger partial charge in [0.15, 0.2) is 0 Å². The minimum absolute atomic E-state index is 0.214.